The van der Waals surface area contributed by atoms with Gasteiger partial charge in [0.15, 0.2) is 0 Å². The molecule has 0 fully saturated rings. The van der Waals surface area contributed by atoms with E-state index in [1.807, 2.05) is 79.7 Å². The van der Waals surface area contributed by atoms with Crippen LogP contribution >= 0.6 is 0 Å². The third-order valence-corrected chi connectivity index (χ3v) is 5.72. The van der Waals surface area contributed by atoms with E-state index in [0.29, 0.717) is 24.9 Å². The Kier molecular flexibility index (Phi) is 9.19. The largest absolute Gasteiger partial charge is 0.344 e. The van der Waals surface area contributed by atoms with Gasteiger partial charge in [0.2, 0.25) is 11.8 Å². The van der Waals surface area contributed by atoms with E-state index in [4.69, 9.17) is 0 Å². The van der Waals surface area contributed by atoms with Gasteiger partial charge in [-0.3, -0.25) is 14.4 Å². The van der Waals surface area contributed by atoms with Crippen LogP contribution < -0.4 is 10.6 Å². The van der Waals surface area contributed by atoms with Crippen LogP contribution in [0.2, 0.25) is 0 Å². The van der Waals surface area contributed by atoms with E-state index in [2.05, 4.69) is 10.6 Å². The van der Waals surface area contributed by atoms with Gasteiger partial charge >= 0.3 is 0 Å². The first-order chi connectivity index (χ1) is 16.0. The van der Waals surface area contributed by atoms with Crippen molar-refractivity contribution in [1.29, 1.82) is 0 Å². The predicted molar refractivity (Wildman–Crippen MR) is 133 cm³/mol. The maximum Gasteiger partial charge on any atom is 0.246 e. The van der Waals surface area contributed by atoms with Gasteiger partial charge in [0.05, 0.1) is 6.42 Å². The van der Waals surface area contributed by atoms with E-state index in [1.165, 1.54) is 0 Å². The van der Waals surface area contributed by atoms with Crippen molar-refractivity contribution in [3.8, 4) is 0 Å². The second kappa shape index (κ2) is 12.5. The molecule has 3 aromatic rings. The summed E-state index contributed by atoms with van der Waals surface area (Å²) in [5.74, 6) is -0.144. The fourth-order valence-corrected chi connectivity index (χ4v) is 3.82. The third-order valence-electron chi connectivity index (χ3n) is 5.72. The van der Waals surface area contributed by atoms with Gasteiger partial charge in [-0.15, -0.1) is 0 Å². The summed E-state index contributed by atoms with van der Waals surface area (Å²) in [5.41, 5.74) is 1.61. The van der Waals surface area contributed by atoms with Crippen molar-refractivity contribution in [3.05, 3.63) is 78.4 Å². The number of benzene rings is 3. The lowest BCUT2D eigenvalue weighted by atomic mass is 10.0. The molecule has 0 saturated carbocycles. The first-order valence-electron chi connectivity index (χ1n) is 11.7. The van der Waals surface area contributed by atoms with Gasteiger partial charge < -0.3 is 10.6 Å². The maximum absolute atomic E-state index is 13.1. The minimum atomic E-state index is -0.630. The molecule has 5 heteroatoms. The molecule has 33 heavy (non-hydrogen) atoms. The van der Waals surface area contributed by atoms with Crippen molar-refractivity contribution in [1.82, 2.24) is 5.32 Å². The highest BCUT2D eigenvalue weighted by molar-refractivity contribution is 5.99. The van der Waals surface area contributed by atoms with Crippen LogP contribution in [0.3, 0.4) is 0 Å². The topological polar surface area (TPSA) is 75.3 Å². The van der Waals surface area contributed by atoms with Gasteiger partial charge in [-0.1, -0.05) is 80.4 Å². The summed E-state index contributed by atoms with van der Waals surface area (Å²) in [6, 6.07) is 22.6. The number of ketones is 1. The molecule has 5 nitrogen and oxygen atoms in total. The number of hydrogen-bond acceptors (Lipinski definition) is 3. The summed E-state index contributed by atoms with van der Waals surface area (Å²) in [4.78, 5) is 37.2. The quantitative estimate of drug-likeness (QED) is 0.366. The van der Waals surface area contributed by atoms with Crippen LogP contribution in [0.4, 0.5) is 5.69 Å². The van der Waals surface area contributed by atoms with E-state index in [9.17, 15) is 14.4 Å². The molecule has 0 radical (unpaired) electrons. The SMILES string of the molecule is CCC(=O)CCCCCC(NC(=O)Cc1ccccc1)C(=O)Nc1ccc2ccccc2c1. The Morgan fingerprint density at radius 2 is 1.55 bits per heavy atom. The normalized spacial score (nSPS) is 11.7. The Bertz CT molecular complexity index is 1080. The first kappa shape index (κ1) is 24.2. The Morgan fingerprint density at radius 1 is 0.818 bits per heavy atom. The summed E-state index contributed by atoms with van der Waals surface area (Å²) in [6.07, 6.45) is 4.31. The number of unbranched alkanes of at least 4 members (excludes halogenated alkanes) is 2. The third kappa shape index (κ3) is 7.86. The average molecular weight is 445 g/mol. The zero-order valence-electron chi connectivity index (χ0n) is 19.2. The molecule has 1 atom stereocenters. The molecule has 0 aliphatic rings. The summed E-state index contributed by atoms with van der Waals surface area (Å²) in [5, 5.41) is 8.02. The summed E-state index contributed by atoms with van der Waals surface area (Å²) >= 11 is 0. The molecule has 0 aliphatic heterocycles. The lowest BCUT2D eigenvalue weighted by molar-refractivity contribution is -0.126. The Labute approximate surface area is 195 Å². The number of rotatable bonds is 12. The van der Waals surface area contributed by atoms with Crippen molar-refractivity contribution in [2.24, 2.45) is 0 Å². The van der Waals surface area contributed by atoms with E-state index < -0.39 is 6.04 Å². The van der Waals surface area contributed by atoms with E-state index >= 15 is 0 Å². The fraction of sp³-hybridized carbons (Fsp3) is 0.321. The van der Waals surface area contributed by atoms with Gasteiger partial charge in [0.1, 0.15) is 11.8 Å². The molecular formula is C28H32N2O3. The van der Waals surface area contributed by atoms with Gasteiger partial charge in [-0.05, 0) is 41.3 Å². The summed E-state index contributed by atoms with van der Waals surface area (Å²) in [7, 11) is 0. The molecule has 3 aromatic carbocycles. The number of amides is 2. The smallest absolute Gasteiger partial charge is 0.246 e. The lowest BCUT2D eigenvalue weighted by Crippen LogP contribution is -2.44. The van der Waals surface area contributed by atoms with E-state index in [0.717, 1.165) is 35.6 Å². The Hall–Kier alpha value is -3.47. The van der Waals surface area contributed by atoms with Crippen LogP contribution in [-0.4, -0.2) is 23.6 Å². The summed E-state index contributed by atoms with van der Waals surface area (Å²) < 4.78 is 0. The van der Waals surface area contributed by atoms with Crippen molar-refractivity contribution < 1.29 is 14.4 Å². The number of nitrogens with one attached hydrogen (secondary N) is 2. The number of hydrogen-bond donors (Lipinski definition) is 2. The van der Waals surface area contributed by atoms with Gasteiger partial charge in [-0.2, -0.15) is 0 Å². The Morgan fingerprint density at radius 3 is 2.30 bits per heavy atom. The van der Waals surface area contributed by atoms with Gasteiger partial charge in [0, 0.05) is 18.5 Å². The fourth-order valence-electron chi connectivity index (χ4n) is 3.82. The highest BCUT2D eigenvalue weighted by Gasteiger charge is 2.21. The number of fused-ring (bicyclic) bond motifs is 1. The summed E-state index contributed by atoms with van der Waals surface area (Å²) in [6.45, 7) is 1.87. The molecule has 0 saturated heterocycles. The molecule has 3 rings (SSSR count). The molecule has 1 unspecified atom stereocenters. The van der Waals surface area contributed by atoms with Crippen LogP contribution in [0.1, 0.15) is 51.0 Å². The van der Waals surface area contributed by atoms with Crippen molar-refractivity contribution >= 4 is 34.1 Å². The second-order valence-electron chi connectivity index (χ2n) is 8.33. The number of carbonyl (C=O) groups excluding carboxylic acids is 3. The number of Topliss-reactive ketones (excluding diaryl/α,β-unsaturated/α-hetero) is 1. The van der Waals surface area contributed by atoms with Gasteiger partial charge in [-0.25, -0.2) is 0 Å². The van der Waals surface area contributed by atoms with Crippen LogP contribution in [-0.2, 0) is 20.8 Å². The molecule has 0 bridgehead atoms. The molecule has 0 heterocycles. The molecule has 172 valence electrons. The van der Waals surface area contributed by atoms with Crippen LogP contribution in [0.15, 0.2) is 72.8 Å². The highest BCUT2D eigenvalue weighted by atomic mass is 16.2. The van der Waals surface area contributed by atoms with Gasteiger partial charge in [0.25, 0.3) is 0 Å². The molecule has 2 amide bonds. The van der Waals surface area contributed by atoms with Crippen molar-refractivity contribution in [2.45, 2.75) is 57.9 Å². The van der Waals surface area contributed by atoms with Crippen molar-refractivity contribution in [2.75, 3.05) is 5.32 Å². The zero-order valence-corrected chi connectivity index (χ0v) is 19.2. The zero-order chi connectivity index (χ0) is 23.5. The average Bonchev–Trinajstić information content (AvgIpc) is 2.83. The number of carbonyl (C=O) groups is 3. The molecule has 0 spiro atoms. The van der Waals surface area contributed by atoms with Crippen LogP contribution in [0.5, 0.6) is 0 Å². The van der Waals surface area contributed by atoms with Crippen LogP contribution in [0, 0.1) is 0 Å². The predicted octanol–water partition coefficient (Wildman–Crippen LogP) is 5.44. The first-order valence-corrected chi connectivity index (χ1v) is 11.7. The van der Waals surface area contributed by atoms with Crippen LogP contribution in [0.25, 0.3) is 10.8 Å². The highest BCUT2D eigenvalue weighted by Crippen LogP contribution is 2.19. The molecule has 2 N–H and O–H groups in total. The van der Waals surface area contributed by atoms with Crippen molar-refractivity contribution in [3.63, 3.8) is 0 Å². The standard InChI is InChI=1S/C28H32N2O3/c1-2-25(31)15-7-4-8-16-26(30-27(32)19-21-11-5-3-6-12-21)28(33)29-24-18-17-22-13-9-10-14-23(22)20-24/h3,5-6,9-14,17-18,20,26H,2,4,7-8,15-16,19H2,1H3,(H,29,33)(H,30,32). The number of anilines is 1. The minimum absolute atomic E-state index is 0.180. The molecular weight excluding hydrogens is 412 g/mol. The second-order valence-corrected chi connectivity index (χ2v) is 8.33. The van der Waals surface area contributed by atoms with E-state index in [-0.39, 0.29) is 24.0 Å². The maximum atomic E-state index is 13.1. The molecule has 0 aliphatic carbocycles. The monoisotopic (exact) mass is 444 g/mol. The lowest BCUT2D eigenvalue weighted by Gasteiger charge is -2.19. The van der Waals surface area contributed by atoms with E-state index in [1.54, 1.807) is 0 Å². The minimum Gasteiger partial charge on any atom is -0.344 e. The Balaban J connectivity index is 1.62. The molecule has 0 aromatic heterocycles.